The molecule has 0 aliphatic heterocycles. The van der Waals surface area contributed by atoms with Gasteiger partial charge in [-0.25, -0.2) is 4.98 Å². The number of fused-ring (bicyclic) bond motifs is 1. The highest BCUT2D eigenvalue weighted by atomic mass is 16.5. The van der Waals surface area contributed by atoms with Gasteiger partial charge >= 0.3 is 0 Å². The molecule has 0 fully saturated rings. The Morgan fingerprint density at radius 3 is 2.61 bits per heavy atom. The molecular formula is C22H28N4O2. The second-order valence-electron chi connectivity index (χ2n) is 6.95. The second kappa shape index (κ2) is 8.99. The first-order chi connectivity index (χ1) is 13.5. The number of primary amides is 1. The topological polar surface area (TPSA) is 82.2 Å². The van der Waals surface area contributed by atoms with Gasteiger partial charge in [-0.1, -0.05) is 35.9 Å². The van der Waals surface area contributed by atoms with Crippen LogP contribution in [0.1, 0.15) is 25.2 Å². The van der Waals surface area contributed by atoms with E-state index < -0.39 is 6.04 Å². The molecule has 1 amide bonds. The van der Waals surface area contributed by atoms with Crippen LogP contribution in [-0.2, 0) is 22.6 Å². The molecule has 148 valence electrons. The van der Waals surface area contributed by atoms with Gasteiger partial charge in [-0.05, 0) is 44.0 Å². The molecule has 1 heterocycles. The summed E-state index contributed by atoms with van der Waals surface area (Å²) in [6, 6.07) is 14.4. The summed E-state index contributed by atoms with van der Waals surface area (Å²) in [5.74, 6) is 0.488. The number of imidazole rings is 1. The van der Waals surface area contributed by atoms with E-state index in [1.807, 2.05) is 6.92 Å². The number of aryl methyl sites for hydroxylation is 1. The van der Waals surface area contributed by atoms with Gasteiger partial charge in [-0.2, -0.15) is 0 Å². The van der Waals surface area contributed by atoms with Crippen molar-refractivity contribution < 1.29 is 9.53 Å². The minimum atomic E-state index is -0.414. The molecule has 28 heavy (non-hydrogen) atoms. The molecule has 0 saturated heterocycles. The van der Waals surface area contributed by atoms with E-state index in [0.29, 0.717) is 26.3 Å². The highest BCUT2D eigenvalue weighted by Crippen LogP contribution is 2.25. The van der Waals surface area contributed by atoms with E-state index in [0.717, 1.165) is 22.4 Å². The summed E-state index contributed by atoms with van der Waals surface area (Å²) in [5, 5.41) is 3.14. The largest absolute Gasteiger partial charge is 0.380 e. The predicted molar refractivity (Wildman–Crippen MR) is 112 cm³/mol. The van der Waals surface area contributed by atoms with Gasteiger partial charge in [-0.15, -0.1) is 0 Å². The molecule has 6 heteroatoms. The van der Waals surface area contributed by atoms with Crippen LogP contribution in [0.15, 0.2) is 42.5 Å². The third-order valence-electron chi connectivity index (χ3n) is 4.87. The Bertz CT molecular complexity index is 947. The van der Waals surface area contributed by atoms with Crippen LogP contribution in [0.3, 0.4) is 0 Å². The Morgan fingerprint density at radius 1 is 1.21 bits per heavy atom. The zero-order valence-corrected chi connectivity index (χ0v) is 16.7. The first-order valence-corrected chi connectivity index (χ1v) is 9.66. The summed E-state index contributed by atoms with van der Waals surface area (Å²) in [6.07, 6.45) is 0. The minimum absolute atomic E-state index is 0.376. The first kappa shape index (κ1) is 20.0. The van der Waals surface area contributed by atoms with Crippen LogP contribution in [-0.4, -0.2) is 34.7 Å². The van der Waals surface area contributed by atoms with Crippen LogP contribution < -0.4 is 11.1 Å². The Labute approximate surface area is 165 Å². The SMILES string of the molecule is CCOCCn1c(CN[C@@H](C)C(N)=O)nc2cc(-c3ccc(C)cc3)ccc21. The number of nitrogens with zero attached hydrogens (tertiary/aromatic N) is 2. The van der Waals surface area contributed by atoms with Crippen LogP contribution in [0.5, 0.6) is 0 Å². The normalized spacial score (nSPS) is 12.4. The Kier molecular flexibility index (Phi) is 6.44. The quantitative estimate of drug-likeness (QED) is 0.559. The van der Waals surface area contributed by atoms with E-state index in [2.05, 4.69) is 59.3 Å². The predicted octanol–water partition coefficient (Wildman–Crippen LogP) is 3.01. The van der Waals surface area contributed by atoms with Crippen LogP contribution in [0.4, 0.5) is 0 Å². The van der Waals surface area contributed by atoms with Crippen molar-refractivity contribution in [1.82, 2.24) is 14.9 Å². The lowest BCUT2D eigenvalue weighted by molar-refractivity contribution is -0.119. The van der Waals surface area contributed by atoms with Crippen molar-refractivity contribution in [3.63, 3.8) is 0 Å². The molecule has 0 spiro atoms. The number of carbonyl (C=O) groups is 1. The Morgan fingerprint density at radius 2 is 1.93 bits per heavy atom. The second-order valence-corrected chi connectivity index (χ2v) is 6.95. The van der Waals surface area contributed by atoms with Crippen molar-refractivity contribution in [3.8, 4) is 11.1 Å². The summed E-state index contributed by atoms with van der Waals surface area (Å²) in [5.41, 5.74) is 10.9. The van der Waals surface area contributed by atoms with Crippen molar-refractivity contribution in [2.75, 3.05) is 13.2 Å². The van der Waals surface area contributed by atoms with Gasteiger partial charge in [0.25, 0.3) is 0 Å². The van der Waals surface area contributed by atoms with Crippen LogP contribution in [0.25, 0.3) is 22.2 Å². The minimum Gasteiger partial charge on any atom is -0.380 e. The average molecular weight is 380 g/mol. The Balaban J connectivity index is 1.93. The Hall–Kier alpha value is -2.70. The molecule has 0 radical (unpaired) electrons. The van der Waals surface area contributed by atoms with Gasteiger partial charge in [0.05, 0.1) is 30.2 Å². The number of hydrogen-bond acceptors (Lipinski definition) is 4. The molecule has 6 nitrogen and oxygen atoms in total. The summed E-state index contributed by atoms with van der Waals surface area (Å²) >= 11 is 0. The maximum absolute atomic E-state index is 11.3. The van der Waals surface area contributed by atoms with Crippen LogP contribution in [0.2, 0.25) is 0 Å². The van der Waals surface area contributed by atoms with Crippen molar-refractivity contribution in [1.29, 1.82) is 0 Å². The van der Waals surface area contributed by atoms with Crippen molar-refractivity contribution in [2.24, 2.45) is 5.73 Å². The molecule has 3 N–H and O–H groups in total. The fraction of sp³-hybridized carbons (Fsp3) is 0.364. The number of nitrogens with one attached hydrogen (secondary N) is 1. The number of aromatic nitrogens is 2. The van der Waals surface area contributed by atoms with E-state index in [-0.39, 0.29) is 5.91 Å². The van der Waals surface area contributed by atoms with Crippen LogP contribution >= 0.6 is 0 Å². The summed E-state index contributed by atoms with van der Waals surface area (Å²) in [4.78, 5) is 16.1. The molecule has 2 aromatic carbocycles. The molecule has 3 aromatic rings. The number of nitrogens with two attached hydrogens (primary N) is 1. The molecule has 0 bridgehead atoms. The molecule has 0 unspecified atom stereocenters. The third-order valence-corrected chi connectivity index (χ3v) is 4.87. The fourth-order valence-corrected chi connectivity index (χ4v) is 3.13. The van der Waals surface area contributed by atoms with E-state index in [1.54, 1.807) is 6.92 Å². The zero-order chi connectivity index (χ0) is 20.1. The number of hydrogen-bond donors (Lipinski definition) is 2. The van der Waals surface area contributed by atoms with Gasteiger partial charge in [0.15, 0.2) is 0 Å². The van der Waals surface area contributed by atoms with Gasteiger partial charge in [0, 0.05) is 13.2 Å². The van der Waals surface area contributed by atoms with Gasteiger partial charge in [-0.3, -0.25) is 10.1 Å². The smallest absolute Gasteiger partial charge is 0.234 e. The molecule has 0 saturated carbocycles. The monoisotopic (exact) mass is 380 g/mol. The van der Waals surface area contributed by atoms with E-state index >= 15 is 0 Å². The number of amides is 1. The fourth-order valence-electron chi connectivity index (χ4n) is 3.13. The van der Waals surface area contributed by atoms with Crippen molar-refractivity contribution >= 4 is 16.9 Å². The summed E-state index contributed by atoms with van der Waals surface area (Å²) in [6.45, 7) is 8.28. The van der Waals surface area contributed by atoms with Gasteiger partial charge < -0.3 is 15.0 Å². The average Bonchev–Trinajstić information content (AvgIpc) is 3.03. The molecule has 0 aliphatic carbocycles. The summed E-state index contributed by atoms with van der Waals surface area (Å²) in [7, 11) is 0. The first-order valence-electron chi connectivity index (χ1n) is 9.66. The maximum Gasteiger partial charge on any atom is 0.234 e. The molecule has 0 aliphatic rings. The number of carbonyl (C=O) groups excluding carboxylic acids is 1. The molecule has 3 rings (SSSR count). The molecule has 1 aromatic heterocycles. The van der Waals surface area contributed by atoms with Gasteiger partial charge in [0.2, 0.25) is 5.91 Å². The zero-order valence-electron chi connectivity index (χ0n) is 16.7. The van der Waals surface area contributed by atoms with Gasteiger partial charge in [0.1, 0.15) is 5.82 Å². The molecular weight excluding hydrogens is 352 g/mol. The van der Waals surface area contributed by atoms with E-state index in [9.17, 15) is 4.79 Å². The lowest BCUT2D eigenvalue weighted by atomic mass is 10.0. The van der Waals surface area contributed by atoms with Crippen molar-refractivity contribution in [3.05, 3.63) is 53.9 Å². The lowest BCUT2D eigenvalue weighted by Gasteiger charge is -2.12. The van der Waals surface area contributed by atoms with E-state index in [4.69, 9.17) is 15.5 Å². The highest BCUT2D eigenvalue weighted by molar-refractivity contribution is 5.83. The van der Waals surface area contributed by atoms with Crippen LogP contribution in [0, 0.1) is 6.92 Å². The number of ether oxygens (including phenoxy) is 1. The van der Waals surface area contributed by atoms with Crippen molar-refractivity contribution in [2.45, 2.75) is 39.9 Å². The standard InChI is InChI=1S/C22H28N4O2/c1-4-28-12-11-26-20-10-9-18(17-7-5-15(2)6-8-17)13-19(20)25-21(26)14-24-16(3)22(23)27/h5-10,13,16,24H,4,11-12,14H2,1-3H3,(H2,23,27)/t16-/m0/s1. The third kappa shape index (κ3) is 4.58. The molecule has 1 atom stereocenters. The summed E-state index contributed by atoms with van der Waals surface area (Å²) < 4.78 is 7.68. The number of rotatable bonds is 9. The maximum atomic E-state index is 11.3. The van der Waals surface area contributed by atoms with E-state index in [1.165, 1.54) is 11.1 Å². The lowest BCUT2D eigenvalue weighted by Crippen LogP contribution is -2.38. The highest BCUT2D eigenvalue weighted by Gasteiger charge is 2.14. The number of benzene rings is 2.